The molecule has 9 atom stereocenters. The number of Topliss-reactive ketones (excluding diaryl/α,β-unsaturated/α-hetero) is 1. The second-order valence-electron chi connectivity index (χ2n) is 13.3. The zero-order chi connectivity index (χ0) is 27.2. The van der Waals surface area contributed by atoms with Gasteiger partial charge in [-0.1, -0.05) is 62.4 Å². The summed E-state index contributed by atoms with van der Waals surface area (Å²) >= 11 is 0. The zero-order valence-corrected chi connectivity index (χ0v) is 22.8. The summed E-state index contributed by atoms with van der Waals surface area (Å²) in [4.78, 5) is 13.9. The third kappa shape index (κ3) is 3.41. The maximum absolute atomic E-state index is 13.9. The number of hydrogen-bond acceptors (Lipinski definition) is 7. The van der Waals surface area contributed by atoms with Crippen LogP contribution < -0.4 is 0 Å². The number of fused-ring (bicyclic) bond motifs is 2. The van der Waals surface area contributed by atoms with Crippen molar-refractivity contribution in [2.75, 3.05) is 6.61 Å². The number of carbonyl (C=O) groups is 1. The molecule has 4 bridgehead atoms. The van der Waals surface area contributed by atoms with Crippen molar-refractivity contribution < 1.29 is 24.5 Å². The third-order valence-electron chi connectivity index (χ3n) is 11.1. The highest BCUT2D eigenvalue weighted by Crippen LogP contribution is 2.75. The van der Waals surface area contributed by atoms with Crippen LogP contribution in [0.5, 0.6) is 0 Å². The van der Waals surface area contributed by atoms with Crippen molar-refractivity contribution in [1.29, 1.82) is 0 Å². The number of hydrogen-bond donors (Lipinski definition) is 2. The molecule has 4 aliphatic carbocycles. The molecule has 8 nitrogen and oxygen atoms in total. The third-order valence-corrected chi connectivity index (χ3v) is 11.1. The highest BCUT2D eigenvalue weighted by Gasteiger charge is 2.81. The van der Waals surface area contributed by atoms with Gasteiger partial charge in [0, 0.05) is 29.9 Å². The van der Waals surface area contributed by atoms with Crippen LogP contribution in [-0.4, -0.2) is 62.2 Å². The number of nitrogens with zero attached hydrogens (tertiary/aromatic N) is 3. The average Bonchev–Trinajstić information content (AvgIpc) is 3.39. The van der Waals surface area contributed by atoms with Gasteiger partial charge >= 0.3 is 0 Å². The molecule has 1 aromatic heterocycles. The van der Waals surface area contributed by atoms with Crippen LogP contribution in [0.2, 0.25) is 0 Å². The maximum atomic E-state index is 13.9. The van der Waals surface area contributed by atoms with Crippen molar-refractivity contribution in [3.05, 3.63) is 59.9 Å². The van der Waals surface area contributed by atoms with Crippen LogP contribution in [0.4, 0.5) is 0 Å². The highest BCUT2D eigenvalue weighted by molar-refractivity contribution is 6.04. The molecule has 6 aliphatic rings. The summed E-state index contributed by atoms with van der Waals surface area (Å²) < 4.78 is 15.1. The number of benzene rings is 1. The van der Waals surface area contributed by atoms with Crippen molar-refractivity contribution in [2.24, 2.45) is 34.0 Å². The Kier molecular flexibility index (Phi) is 5.77. The van der Waals surface area contributed by atoms with Gasteiger partial charge in [0.25, 0.3) is 0 Å². The molecule has 39 heavy (non-hydrogen) atoms. The van der Waals surface area contributed by atoms with Crippen molar-refractivity contribution in [2.45, 2.75) is 83.5 Å². The normalized spacial score (nSPS) is 41.9. The van der Waals surface area contributed by atoms with E-state index < -0.39 is 47.3 Å². The van der Waals surface area contributed by atoms with E-state index in [4.69, 9.17) is 9.47 Å². The Morgan fingerprint density at radius 2 is 1.97 bits per heavy atom. The van der Waals surface area contributed by atoms with Gasteiger partial charge in [0.1, 0.15) is 0 Å². The Balaban J connectivity index is 1.16. The fourth-order valence-corrected chi connectivity index (χ4v) is 9.64. The SMILES string of the molecule is C=C1C(=O)[C@]23[C@H](O)[C@H]1C[C@H](O)[C@H]2[C@]12CCCC(C)(C)[C@H]1C[C@H]3O[C@@H]2OCCc1cn(Cc2ccccc2)nn1. The summed E-state index contributed by atoms with van der Waals surface area (Å²) in [6, 6.07) is 10.2. The van der Waals surface area contributed by atoms with Crippen LogP contribution in [0.1, 0.15) is 57.2 Å². The number of carbonyl (C=O) groups excluding carboxylic acids is 1. The van der Waals surface area contributed by atoms with Gasteiger partial charge in [-0.15, -0.1) is 5.10 Å². The first-order valence-electron chi connectivity index (χ1n) is 14.5. The molecule has 3 heterocycles. The van der Waals surface area contributed by atoms with Gasteiger partial charge in [-0.2, -0.15) is 0 Å². The van der Waals surface area contributed by atoms with Crippen molar-refractivity contribution in [3.63, 3.8) is 0 Å². The number of ether oxygens (including phenoxy) is 2. The Bertz CT molecular complexity index is 1290. The molecular weight excluding hydrogens is 494 g/mol. The second kappa shape index (κ2) is 8.80. The van der Waals surface area contributed by atoms with Crippen molar-refractivity contribution >= 4 is 5.78 Å². The molecule has 2 spiro atoms. The molecule has 4 saturated carbocycles. The van der Waals surface area contributed by atoms with E-state index in [9.17, 15) is 15.0 Å². The van der Waals surface area contributed by atoms with E-state index >= 15 is 0 Å². The van der Waals surface area contributed by atoms with E-state index in [2.05, 4.69) is 42.9 Å². The predicted octanol–water partition coefficient (Wildman–Crippen LogP) is 3.31. The molecule has 0 radical (unpaired) electrons. The summed E-state index contributed by atoms with van der Waals surface area (Å²) in [5.41, 5.74) is 0.814. The minimum absolute atomic E-state index is 0.0177. The summed E-state index contributed by atoms with van der Waals surface area (Å²) in [5, 5.41) is 31.9. The Morgan fingerprint density at radius 3 is 2.77 bits per heavy atom. The van der Waals surface area contributed by atoms with Gasteiger partial charge in [-0.05, 0) is 48.2 Å². The van der Waals surface area contributed by atoms with Gasteiger partial charge in [0.2, 0.25) is 0 Å². The molecular formula is C31H39N3O5. The second-order valence-corrected chi connectivity index (χ2v) is 13.3. The van der Waals surface area contributed by atoms with Gasteiger partial charge in [-0.3, -0.25) is 4.79 Å². The lowest BCUT2D eigenvalue weighted by molar-refractivity contribution is -0.401. The molecule has 1 aromatic carbocycles. The van der Waals surface area contributed by atoms with Crippen LogP contribution in [0.15, 0.2) is 48.7 Å². The van der Waals surface area contributed by atoms with Crippen LogP contribution in [-0.2, 0) is 27.2 Å². The largest absolute Gasteiger partial charge is 0.393 e. The van der Waals surface area contributed by atoms with Gasteiger partial charge in [0.05, 0.1) is 42.6 Å². The predicted molar refractivity (Wildman–Crippen MR) is 142 cm³/mol. The molecule has 2 saturated heterocycles. The lowest BCUT2D eigenvalue weighted by Gasteiger charge is -2.72. The molecule has 8 heteroatoms. The fourth-order valence-electron chi connectivity index (χ4n) is 9.64. The minimum Gasteiger partial charge on any atom is -0.393 e. The first kappa shape index (κ1) is 25.6. The van der Waals surface area contributed by atoms with Gasteiger partial charge in [-0.25, -0.2) is 4.68 Å². The molecule has 2 aromatic rings. The molecule has 2 aliphatic heterocycles. The monoisotopic (exact) mass is 533 g/mol. The van der Waals surface area contributed by atoms with Crippen LogP contribution >= 0.6 is 0 Å². The summed E-state index contributed by atoms with van der Waals surface area (Å²) in [6.45, 7) is 9.74. The molecule has 208 valence electrons. The lowest BCUT2D eigenvalue weighted by atomic mass is 9.37. The molecule has 8 rings (SSSR count). The number of rotatable bonds is 6. The van der Waals surface area contributed by atoms with Gasteiger partial charge < -0.3 is 19.7 Å². The Labute approximate surface area is 229 Å². The maximum Gasteiger partial charge on any atom is 0.170 e. The first-order chi connectivity index (χ1) is 18.7. The topological polar surface area (TPSA) is 107 Å². The number of aromatic nitrogens is 3. The van der Waals surface area contributed by atoms with E-state index in [1.54, 1.807) is 0 Å². The zero-order valence-electron chi connectivity index (χ0n) is 22.8. The van der Waals surface area contributed by atoms with E-state index in [1.165, 1.54) is 0 Å². The molecule has 6 fully saturated rings. The number of aliphatic hydroxyl groups is 2. The Hall–Kier alpha value is -2.39. The smallest absolute Gasteiger partial charge is 0.170 e. The summed E-state index contributed by atoms with van der Waals surface area (Å²) in [6.07, 6.45) is 3.88. The van der Waals surface area contributed by atoms with E-state index in [-0.39, 0.29) is 17.1 Å². The standard InChI is InChI=1S/C31H39N3O5/c1-18-21-14-22(35)25-30-12-7-11-29(2,3)23(30)15-24(31(25,26(18)36)27(21)37)39-28(30)38-13-10-20-17-34(33-32-20)16-19-8-5-4-6-9-19/h4-6,8-9,17,21-25,27-28,35,37H,1,7,10-16H2,2-3H3/t21-,22-,23+,24+,25-,27+,28-,30-,31+/m0/s1. The average molecular weight is 534 g/mol. The number of ketones is 1. The minimum atomic E-state index is -1.12. The van der Waals surface area contributed by atoms with Crippen molar-refractivity contribution in [3.8, 4) is 0 Å². The summed E-state index contributed by atoms with van der Waals surface area (Å²) in [5.74, 6) is -0.668. The van der Waals surface area contributed by atoms with Crippen LogP contribution in [0, 0.1) is 34.0 Å². The molecule has 0 amide bonds. The lowest BCUT2D eigenvalue weighted by Crippen LogP contribution is -2.78. The fraction of sp³-hybridized carbons (Fsp3) is 0.645. The highest BCUT2D eigenvalue weighted by atomic mass is 16.7. The molecule has 0 unspecified atom stereocenters. The van der Waals surface area contributed by atoms with Gasteiger partial charge in [0.15, 0.2) is 12.1 Å². The van der Waals surface area contributed by atoms with Crippen LogP contribution in [0.3, 0.4) is 0 Å². The summed E-state index contributed by atoms with van der Waals surface area (Å²) in [7, 11) is 0. The Morgan fingerprint density at radius 1 is 1.18 bits per heavy atom. The quantitative estimate of drug-likeness (QED) is 0.549. The number of aliphatic hydroxyl groups excluding tert-OH is 2. The van der Waals surface area contributed by atoms with Crippen LogP contribution in [0.25, 0.3) is 0 Å². The van der Waals surface area contributed by atoms with Crippen molar-refractivity contribution in [1.82, 2.24) is 15.0 Å². The first-order valence-corrected chi connectivity index (χ1v) is 14.5. The van der Waals surface area contributed by atoms with E-state index in [0.29, 0.717) is 38.0 Å². The van der Waals surface area contributed by atoms with E-state index in [0.717, 1.165) is 30.5 Å². The molecule has 2 N–H and O–H groups in total. The van der Waals surface area contributed by atoms with E-state index in [1.807, 2.05) is 29.1 Å².